The second kappa shape index (κ2) is 7.64. The Hall–Kier alpha value is -2.11. The van der Waals surface area contributed by atoms with Gasteiger partial charge in [-0.15, -0.1) is 11.3 Å². The quantitative estimate of drug-likeness (QED) is 0.831. The topological polar surface area (TPSA) is 26.8 Å². The number of fused-ring (bicyclic) bond motifs is 1. The SMILES string of the molecule is C=C(c1ccccc1)N1CCN(C(=O)CN2CCc3sccc3C2)CC1. The van der Waals surface area contributed by atoms with Gasteiger partial charge in [0, 0.05) is 49.8 Å². The summed E-state index contributed by atoms with van der Waals surface area (Å²) in [5.74, 6) is 0.258. The summed E-state index contributed by atoms with van der Waals surface area (Å²) in [7, 11) is 0. The number of piperazine rings is 1. The Bertz CT molecular complexity index is 778. The standard InChI is InChI=1S/C21H25N3OS/c1-17(18-5-3-2-4-6-18)23-10-12-24(13-11-23)21(25)16-22-9-7-20-19(15-22)8-14-26-20/h2-6,8,14H,1,7,9-13,15-16H2. The third-order valence-electron chi connectivity index (χ3n) is 5.37. The molecule has 1 saturated heterocycles. The fraction of sp³-hybridized carbons (Fsp3) is 0.381. The van der Waals surface area contributed by atoms with Crippen molar-refractivity contribution in [2.45, 2.75) is 13.0 Å². The summed E-state index contributed by atoms with van der Waals surface area (Å²) < 4.78 is 0. The van der Waals surface area contributed by atoms with Gasteiger partial charge in [0.05, 0.1) is 6.54 Å². The molecular formula is C21H25N3OS. The van der Waals surface area contributed by atoms with Crippen molar-refractivity contribution in [3.8, 4) is 0 Å². The molecule has 5 heteroatoms. The highest BCUT2D eigenvalue weighted by Gasteiger charge is 2.25. The van der Waals surface area contributed by atoms with Crippen molar-refractivity contribution in [2.24, 2.45) is 0 Å². The predicted octanol–water partition coefficient (Wildman–Crippen LogP) is 2.92. The van der Waals surface area contributed by atoms with Crippen molar-refractivity contribution in [3.05, 3.63) is 64.4 Å². The van der Waals surface area contributed by atoms with Crippen LogP contribution in [0.1, 0.15) is 16.0 Å². The highest BCUT2D eigenvalue weighted by molar-refractivity contribution is 7.10. The van der Waals surface area contributed by atoms with Crippen LogP contribution in [-0.4, -0.2) is 59.9 Å². The van der Waals surface area contributed by atoms with E-state index in [4.69, 9.17) is 0 Å². The van der Waals surface area contributed by atoms with Gasteiger partial charge in [0.15, 0.2) is 0 Å². The highest BCUT2D eigenvalue weighted by Crippen LogP contribution is 2.24. The van der Waals surface area contributed by atoms with Crippen LogP contribution >= 0.6 is 11.3 Å². The van der Waals surface area contributed by atoms with Gasteiger partial charge in [0.25, 0.3) is 0 Å². The van der Waals surface area contributed by atoms with Crippen molar-refractivity contribution in [3.63, 3.8) is 0 Å². The normalized spacial score (nSPS) is 17.8. The van der Waals surface area contributed by atoms with E-state index in [0.717, 1.165) is 56.9 Å². The molecule has 0 N–H and O–H groups in total. The zero-order valence-electron chi connectivity index (χ0n) is 15.1. The van der Waals surface area contributed by atoms with Crippen molar-refractivity contribution in [1.82, 2.24) is 14.7 Å². The maximum absolute atomic E-state index is 12.7. The molecule has 0 unspecified atom stereocenters. The largest absolute Gasteiger partial charge is 0.368 e. The fourth-order valence-electron chi connectivity index (χ4n) is 3.77. The second-order valence-corrected chi connectivity index (χ2v) is 8.01. The van der Waals surface area contributed by atoms with Crippen molar-refractivity contribution in [2.75, 3.05) is 39.3 Å². The van der Waals surface area contributed by atoms with E-state index >= 15 is 0 Å². The van der Waals surface area contributed by atoms with Crippen LogP contribution in [0.4, 0.5) is 0 Å². The first-order valence-electron chi connectivity index (χ1n) is 9.25. The Labute approximate surface area is 159 Å². The molecule has 4 rings (SSSR count). The molecule has 0 radical (unpaired) electrons. The Kier molecular flexibility index (Phi) is 5.09. The molecular weight excluding hydrogens is 342 g/mol. The zero-order valence-corrected chi connectivity index (χ0v) is 15.9. The van der Waals surface area contributed by atoms with Crippen LogP contribution in [0, 0.1) is 0 Å². The van der Waals surface area contributed by atoms with Crippen LogP contribution in [-0.2, 0) is 17.8 Å². The molecule has 136 valence electrons. The number of rotatable bonds is 4. The minimum atomic E-state index is 0.258. The first-order valence-corrected chi connectivity index (χ1v) is 10.1. The number of carbonyl (C=O) groups is 1. The lowest BCUT2D eigenvalue weighted by Gasteiger charge is -2.38. The van der Waals surface area contributed by atoms with Crippen LogP contribution in [0.5, 0.6) is 0 Å². The zero-order chi connectivity index (χ0) is 17.9. The van der Waals surface area contributed by atoms with Crippen LogP contribution in [0.25, 0.3) is 5.70 Å². The first kappa shape index (κ1) is 17.3. The van der Waals surface area contributed by atoms with Crippen molar-refractivity contribution in [1.29, 1.82) is 0 Å². The number of carbonyl (C=O) groups excluding carboxylic acids is 1. The summed E-state index contributed by atoms with van der Waals surface area (Å²) in [6, 6.07) is 12.5. The third kappa shape index (κ3) is 3.69. The van der Waals surface area contributed by atoms with E-state index in [1.165, 1.54) is 10.4 Å². The molecule has 0 spiro atoms. The summed E-state index contributed by atoms with van der Waals surface area (Å²) >= 11 is 1.84. The van der Waals surface area contributed by atoms with E-state index in [1.54, 1.807) is 0 Å². The number of hydrogen-bond donors (Lipinski definition) is 0. The molecule has 1 fully saturated rings. The average molecular weight is 368 g/mol. The molecule has 1 aromatic heterocycles. The van der Waals surface area contributed by atoms with Crippen LogP contribution in [0.2, 0.25) is 0 Å². The number of benzene rings is 1. The summed E-state index contributed by atoms with van der Waals surface area (Å²) in [4.78, 5) is 20.8. The fourth-order valence-corrected chi connectivity index (χ4v) is 4.66. The van der Waals surface area contributed by atoms with E-state index < -0.39 is 0 Å². The molecule has 2 aliphatic heterocycles. The van der Waals surface area contributed by atoms with Gasteiger partial charge in [-0.2, -0.15) is 0 Å². The van der Waals surface area contributed by atoms with Crippen LogP contribution < -0.4 is 0 Å². The summed E-state index contributed by atoms with van der Waals surface area (Å²) in [5.41, 5.74) is 3.61. The number of nitrogens with zero attached hydrogens (tertiary/aromatic N) is 3. The molecule has 2 aliphatic rings. The maximum atomic E-state index is 12.7. The van der Waals surface area contributed by atoms with E-state index in [0.29, 0.717) is 6.54 Å². The Morgan fingerprint density at radius 2 is 1.73 bits per heavy atom. The van der Waals surface area contributed by atoms with Crippen molar-refractivity contribution < 1.29 is 4.79 Å². The number of thiophene rings is 1. The summed E-state index contributed by atoms with van der Waals surface area (Å²) in [6.45, 7) is 9.95. The lowest BCUT2D eigenvalue weighted by Crippen LogP contribution is -2.50. The van der Waals surface area contributed by atoms with Gasteiger partial charge in [0.2, 0.25) is 5.91 Å². The summed E-state index contributed by atoms with van der Waals surface area (Å²) in [6.07, 6.45) is 1.07. The molecule has 1 amide bonds. The molecule has 3 heterocycles. The van der Waals surface area contributed by atoms with Crippen LogP contribution in [0.3, 0.4) is 0 Å². The molecule has 0 saturated carbocycles. The minimum absolute atomic E-state index is 0.258. The van der Waals surface area contributed by atoms with Gasteiger partial charge in [-0.25, -0.2) is 0 Å². The number of hydrogen-bond acceptors (Lipinski definition) is 4. The average Bonchev–Trinajstić information content (AvgIpc) is 3.16. The number of amides is 1. The molecule has 0 aliphatic carbocycles. The Morgan fingerprint density at radius 1 is 1.00 bits per heavy atom. The molecule has 0 bridgehead atoms. The van der Waals surface area contributed by atoms with E-state index in [1.807, 2.05) is 34.4 Å². The molecule has 2 aromatic rings. The van der Waals surface area contributed by atoms with Gasteiger partial charge in [0.1, 0.15) is 0 Å². The Morgan fingerprint density at radius 3 is 2.50 bits per heavy atom. The minimum Gasteiger partial charge on any atom is -0.368 e. The van der Waals surface area contributed by atoms with Gasteiger partial charge >= 0.3 is 0 Å². The lowest BCUT2D eigenvalue weighted by atomic mass is 10.1. The van der Waals surface area contributed by atoms with Gasteiger partial charge < -0.3 is 9.80 Å². The molecule has 1 aromatic carbocycles. The monoisotopic (exact) mass is 367 g/mol. The highest BCUT2D eigenvalue weighted by atomic mass is 32.1. The Balaban J connectivity index is 1.28. The smallest absolute Gasteiger partial charge is 0.236 e. The van der Waals surface area contributed by atoms with E-state index in [-0.39, 0.29) is 5.91 Å². The second-order valence-electron chi connectivity index (χ2n) is 7.01. The molecule has 4 nitrogen and oxygen atoms in total. The third-order valence-corrected chi connectivity index (χ3v) is 6.39. The van der Waals surface area contributed by atoms with Gasteiger partial charge in [-0.1, -0.05) is 36.9 Å². The maximum Gasteiger partial charge on any atom is 0.236 e. The van der Waals surface area contributed by atoms with Crippen molar-refractivity contribution >= 4 is 22.9 Å². The predicted molar refractivity (Wildman–Crippen MR) is 107 cm³/mol. The first-order chi connectivity index (χ1) is 12.7. The lowest BCUT2D eigenvalue weighted by molar-refractivity contribution is -0.134. The van der Waals surface area contributed by atoms with E-state index in [2.05, 4.69) is 40.0 Å². The van der Waals surface area contributed by atoms with Gasteiger partial charge in [-0.05, 0) is 29.0 Å². The van der Waals surface area contributed by atoms with Crippen LogP contribution in [0.15, 0.2) is 48.4 Å². The molecule has 0 atom stereocenters. The van der Waals surface area contributed by atoms with E-state index in [9.17, 15) is 4.79 Å². The van der Waals surface area contributed by atoms with Gasteiger partial charge in [-0.3, -0.25) is 9.69 Å². The summed E-state index contributed by atoms with van der Waals surface area (Å²) in [5, 5.41) is 2.16. The molecule has 26 heavy (non-hydrogen) atoms.